The number of aromatic nitrogens is 4. The number of pyridine rings is 1. The van der Waals surface area contributed by atoms with Gasteiger partial charge in [-0.1, -0.05) is 0 Å². The number of carbonyl (C=O) groups excluding carboxylic acids is 1. The normalized spacial score (nSPS) is 16.7. The Morgan fingerprint density at radius 3 is 2.88 bits per heavy atom. The number of nitrogens with zero attached hydrogens (tertiary/aromatic N) is 4. The number of imidazole rings is 1. The van der Waals surface area contributed by atoms with E-state index in [0.717, 1.165) is 37.2 Å². The van der Waals surface area contributed by atoms with Gasteiger partial charge < -0.3 is 26.7 Å². The van der Waals surface area contributed by atoms with Crippen LogP contribution < -0.4 is 16.8 Å². The molecule has 5 rings (SSSR count). The topological polar surface area (TPSA) is 130 Å². The Bertz CT molecular complexity index is 1140. The Morgan fingerprint density at radius 2 is 2.12 bits per heavy atom. The Labute approximate surface area is 185 Å². The summed E-state index contributed by atoms with van der Waals surface area (Å²) in [7, 11) is 0. The molecule has 32 heavy (non-hydrogen) atoms. The molecule has 0 radical (unpaired) electrons. The van der Waals surface area contributed by atoms with Gasteiger partial charge in [-0.05, 0) is 49.6 Å². The lowest BCUT2D eigenvalue weighted by molar-refractivity contribution is -0.118. The van der Waals surface area contributed by atoms with E-state index in [9.17, 15) is 9.18 Å². The van der Waals surface area contributed by atoms with Crippen molar-refractivity contribution in [3.8, 4) is 0 Å². The molecule has 0 saturated heterocycles. The summed E-state index contributed by atoms with van der Waals surface area (Å²) < 4.78 is 14.3. The second-order valence-corrected chi connectivity index (χ2v) is 7.83. The molecule has 1 aliphatic carbocycles. The van der Waals surface area contributed by atoms with E-state index in [2.05, 4.69) is 20.4 Å². The van der Waals surface area contributed by atoms with Crippen LogP contribution in [0.2, 0.25) is 0 Å². The molecule has 0 atom stereocenters. The van der Waals surface area contributed by atoms with Crippen LogP contribution in [0, 0.1) is 5.82 Å². The van der Waals surface area contributed by atoms with Gasteiger partial charge in [-0.2, -0.15) is 5.10 Å². The van der Waals surface area contributed by atoms with Crippen LogP contribution in [-0.4, -0.2) is 43.0 Å². The average molecular weight is 439 g/mol. The number of halogens is 1. The lowest BCUT2D eigenvalue weighted by Gasteiger charge is -2.28. The van der Waals surface area contributed by atoms with Crippen LogP contribution in [0.15, 0.2) is 60.6 Å². The number of allylic oxidation sites excluding steroid dienone is 2. The van der Waals surface area contributed by atoms with Gasteiger partial charge in [0.1, 0.15) is 11.3 Å². The zero-order valence-corrected chi connectivity index (χ0v) is 17.7. The van der Waals surface area contributed by atoms with Crippen LogP contribution >= 0.6 is 0 Å². The molecule has 1 amide bonds. The number of rotatable bonds is 4. The number of H-pyrrole nitrogens is 1. The number of amides is 1. The van der Waals surface area contributed by atoms with Gasteiger partial charge in [0.25, 0.3) is 5.91 Å². The lowest BCUT2D eigenvalue weighted by atomic mass is 9.93. The molecule has 1 saturated carbocycles. The van der Waals surface area contributed by atoms with Crippen molar-refractivity contribution in [3.63, 3.8) is 0 Å². The maximum atomic E-state index is 12.8. The molecule has 1 fully saturated rings. The molecule has 0 spiro atoms. The third kappa shape index (κ3) is 4.90. The number of hydrogen-bond donors (Lipinski definition) is 4. The number of aromatic amines is 1. The summed E-state index contributed by atoms with van der Waals surface area (Å²) >= 11 is 0. The van der Waals surface area contributed by atoms with E-state index >= 15 is 0 Å². The zero-order valence-electron chi connectivity index (χ0n) is 17.7. The van der Waals surface area contributed by atoms with E-state index in [1.54, 1.807) is 43.0 Å². The molecule has 6 N–H and O–H groups in total. The van der Waals surface area contributed by atoms with E-state index < -0.39 is 0 Å². The average Bonchev–Trinajstić information content (AvgIpc) is 3.44. The molecular formula is C22H27FN8O. The van der Waals surface area contributed by atoms with Gasteiger partial charge >= 0.3 is 0 Å². The molecule has 3 aromatic heterocycles. The Kier molecular flexibility index (Phi) is 6.39. The standard InChI is InChI=1S/C15H22N6O.C7H5FN2/c16-11(15(22)20-10-2-1-3-10)4-5-14(17)21-7-6-12-13(8-21)19-9-18-12;8-6-2-1-5-10-7(6)3-4-9-10/h4-5,9-10H,1-3,6-8,16-17H2,(H,18,19)(H,20,22);1-5H/b11-4-,14-5+;. The predicted molar refractivity (Wildman–Crippen MR) is 118 cm³/mol. The molecule has 1 aliphatic heterocycles. The van der Waals surface area contributed by atoms with Gasteiger partial charge in [-0.15, -0.1) is 0 Å². The van der Waals surface area contributed by atoms with E-state index in [-0.39, 0.29) is 23.5 Å². The number of carbonyl (C=O) groups is 1. The number of hydrogen-bond acceptors (Lipinski definition) is 6. The first-order valence-corrected chi connectivity index (χ1v) is 10.6. The van der Waals surface area contributed by atoms with Crippen LogP contribution in [0.25, 0.3) is 5.52 Å². The minimum absolute atomic E-state index is 0.189. The highest BCUT2D eigenvalue weighted by Gasteiger charge is 2.20. The Hall–Kier alpha value is -3.82. The SMILES string of the molecule is Fc1cccn2nccc12.N/C(=C\C=C(/N)N1CCc2nc[nH]c2C1)C(=O)NC1CCC1. The molecule has 3 aromatic rings. The fourth-order valence-corrected chi connectivity index (χ4v) is 3.53. The van der Waals surface area contributed by atoms with Gasteiger partial charge in [0.05, 0.1) is 42.0 Å². The molecule has 4 heterocycles. The minimum atomic E-state index is -0.236. The molecule has 9 nitrogen and oxygen atoms in total. The summed E-state index contributed by atoms with van der Waals surface area (Å²) in [5, 5.41) is 6.76. The highest BCUT2D eigenvalue weighted by molar-refractivity contribution is 5.92. The van der Waals surface area contributed by atoms with E-state index in [1.165, 1.54) is 17.0 Å². The van der Waals surface area contributed by atoms with E-state index in [4.69, 9.17) is 11.5 Å². The monoisotopic (exact) mass is 438 g/mol. The summed E-state index contributed by atoms with van der Waals surface area (Å²) in [5.41, 5.74) is 14.8. The fourth-order valence-electron chi connectivity index (χ4n) is 3.53. The number of nitrogens with one attached hydrogen (secondary N) is 2. The second-order valence-electron chi connectivity index (χ2n) is 7.83. The van der Waals surface area contributed by atoms with Gasteiger partial charge in [-0.25, -0.2) is 13.9 Å². The van der Waals surface area contributed by atoms with Crippen molar-refractivity contribution in [1.29, 1.82) is 0 Å². The maximum Gasteiger partial charge on any atom is 0.267 e. The van der Waals surface area contributed by atoms with Crippen molar-refractivity contribution < 1.29 is 9.18 Å². The largest absolute Gasteiger partial charge is 0.394 e. The summed E-state index contributed by atoms with van der Waals surface area (Å²) in [6.45, 7) is 1.50. The molecule has 0 bridgehead atoms. The fraction of sp³-hybridized carbons (Fsp3) is 0.318. The number of fused-ring (bicyclic) bond motifs is 2. The Morgan fingerprint density at radius 1 is 1.28 bits per heavy atom. The van der Waals surface area contributed by atoms with Gasteiger partial charge in [0.15, 0.2) is 0 Å². The molecule has 10 heteroatoms. The van der Waals surface area contributed by atoms with Gasteiger partial charge in [0, 0.05) is 25.2 Å². The third-order valence-corrected chi connectivity index (χ3v) is 5.66. The summed E-state index contributed by atoms with van der Waals surface area (Å²) in [5.74, 6) is 0.142. The second kappa shape index (κ2) is 9.54. The van der Waals surface area contributed by atoms with Gasteiger partial charge in [0.2, 0.25) is 0 Å². The first-order valence-electron chi connectivity index (χ1n) is 10.6. The summed E-state index contributed by atoms with van der Waals surface area (Å²) in [6, 6.07) is 4.95. The third-order valence-electron chi connectivity index (χ3n) is 5.66. The van der Waals surface area contributed by atoms with Crippen LogP contribution in [0.1, 0.15) is 30.7 Å². The molecule has 168 valence electrons. The van der Waals surface area contributed by atoms with Crippen molar-refractivity contribution in [1.82, 2.24) is 29.8 Å². The van der Waals surface area contributed by atoms with Crippen LogP contribution in [-0.2, 0) is 17.8 Å². The van der Waals surface area contributed by atoms with Crippen LogP contribution in [0.5, 0.6) is 0 Å². The van der Waals surface area contributed by atoms with Gasteiger partial charge in [-0.3, -0.25) is 4.79 Å². The zero-order chi connectivity index (χ0) is 22.5. The summed E-state index contributed by atoms with van der Waals surface area (Å²) in [4.78, 5) is 21.3. The maximum absolute atomic E-state index is 12.8. The predicted octanol–water partition coefficient (Wildman–Crippen LogP) is 1.55. The summed E-state index contributed by atoms with van der Waals surface area (Å²) in [6.07, 6.45) is 12.4. The first kappa shape index (κ1) is 21.4. The van der Waals surface area contributed by atoms with Crippen molar-refractivity contribution in [2.45, 2.75) is 38.3 Å². The lowest BCUT2D eigenvalue weighted by Crippen LogP contribution is -2.41. The Balaban J connectivity index is 0.000000203. The highest BCUT2D eigenvalue weighted by Crippen LogP contribution is 2.18. The highest BCUT2D eigenvalue weighted by atomic mass is 19.1. The molecular weight excluding hydrogens is 411 g/mol. The first-order chi connectivity index (χ1) is 15.5. The molecule has 0 unspecified atom stereocenters. The minimum Gasteiger partial charge on any atom is -0.394 e. The van der Waals surface area contributed by atoms with E-state index in [1.807, 2.05) is 4.90 Å². The van der Waals surface area contributed by atoms with Crippen molar-refractivity contribution in [3.05, 3.63) is 77.8 Å². The smallest absolute Gasteiger partial charge is 0.267 e. The van der Waals surface area contributed by atoms with Crippen molar-refractivity contribution in [2.75, 3.05) is 6.54 Å². The van der Waals surface area contributed by atoms with Crippen LogP contribution in [0.3, 0.4) is 0 Å². The van der Waals surface area contributed by atoms with Crippen molar-refractivity contribution in [2.24, 2.45) is 11.5 Å². The quantitative estimate of drug-likeness (QED) is 0.361. The molecule has 2 aliphatic rings. The van der Waals surface area contributed by atoms with Crippen LogP contribution in [0.4, 0.5) is 4.39 Å². The number of nitrogens with two attached hydrogens (primary N) is 2. The van der Waals surface area contributed by atoms with Crippen molar-refractivity contribution >= 4 is 11.4 Å². The van der Waals surface area contributed by atoms with E-state index in [0.29, 0.717) is 17.9 Å². The molecule has 0 aromatic carbocycles.